The van der Waals surface area contributed by atoms with Crippen LogP contribution in [0.25, 0.3) is 12.2 Å². The fourth-order valence-electron chi connectivity index (χ4n) is 3.73. The Bertz CT molecular complexity index is 1060. The zero-order valence-corrected chi connectivity index (χ0v) is 18.8. The van der Waals surface area contributed by atoms with Crippen LogP contribution in [0.2, 0.25) is 0 Å². The summed E-state index contributed by atoms with van der Waals surface area (Å²) in [4.78, 5) is 12.3. The average Bonchev–Trinajstić information content (AvgIpc) is 3.10. The minimum absolute atomic E-state index is 0.0700. The predicted octanol–water partition coefficient (Wildman–Crippen LogP) is 3.31. The minimum Gasteiger partial charge on any atom is -0.356 e. The van der Waals surface area contributed by atoms with Crippen molar-refractivity contribution in [1.82, 2.24) is 14.8 Å². The molecule has 1 aliphatic heterocycles. The molecule has 1 aromatic carbocycles. The summed E-state index contributed by atoms with van der Waals surface area (Å²) in [5.74, 6) is -0.245. The molecular formula is C22H29N3O4S. The molecule has 0 radical (unpaired) electrons. The number of nitrogens with one attached hydrogen (secondary N) is 1. The van der Waals surface area contributed by atoms with Gasteiger partial charge >= 0.3 is 0 Å². The van der Waals surface area contributed by atoms with E-state index in [1.807, 2.05) is 45.0 Å². The normalized spacial score (nSPS) is 18.1. The van der Waals surface area contributed by atoms with Crippen LogP contribution in [-0.2, 0) is 14.8 Å². The van der Waals surface area contributed by atoms with E-state index in [0.29, 0.717) is 31.6 Å². The summed E-state index contributed by atoms with van der Waals surface area (Å²) in [6, 6.07) is 6.08. The summed E-state index contributed by atoms with van der Waals surface area (Å²) in [5.41, 5.74) is 3.50. The molecule has 1 aliphatic rings. The van der Waals surface area contributed by atoms with E-state index in [0.717, 1.165) is 16.7 Å². The number of carbonyl (C=O) groups excluding carboxylic acids is 1. The number of aromatic nitrogens is 1. The number of carbonyl (C=O) groups is 1. The molecule has 2 aromatic rings. The molecule has 2 heterocycles. The lowest BCUT2D eigenvalue weighted by molar-refractivity contribution is -0.125. The van der Waals surface area contributed by atoms with Crippen molar-refractivity contribution in [3.8, 4) is 0 Å². The van der Waals surface area contributed by atoms with Gasteiger partial charge in [0.05, 0.1) is 5.92 Å². The van der Waals surface area contributed by atoms with E-state index in [4.69, 9.17) is 4.52 Å². The number of aryl methyl sites for hydroxylation is 3. The molecule has 1 amide bonds. The summed E-state index contributed by atoms with van der Waals surface area (Å²) in [6.45, 7) is 8.55. The van der Waals surface area contributed by atoms with Crippen LogP contribution in [0.15, 0.2) is 27.6 Å². The summed E-state index contributed by atoms with van der Waals surface area (Å²) < 4.78 is 33.6. The summed E-state index contributed by atoms with van der Waals surface area (Å²) in [6.07, 6.45) is 4.81. The second-order valence-electron chi connectivity index (χ2n) is 7.75. The van der Waals surface area contributed by atoms with Gasteiger partial charge in [0.25, 0.3) is 0 Å². The molecule has 3 rings (SSSR count). The number of nitrogens with zero attached hydrogens (tertiary/aromatic N) is 2. The van der Waals surface area contributed by atoms with Crippen LogP contribution in [0.5, 0.6) is 0 Å². The van der Waals surface area contributed by atoms with Crippen LogP contribution in [0, 0.1) is 26.7 Å². The second-order valence-corrected chi connectivity index (χ2v) is 9.63. The van der Waals surface area contributed by atoms with E-state index in [2.05, 4.69) is 10.5 Å². The van der Waals surface area contributed by atoms with Gasteiger partial charge in [-0.3, -0.25) is 4.79 Å². The third-order valence-corrected chi connectivity index (χ3v) is 7.41. The van der Waals surface area contributed by atoms with Crippen LogP contribution in [0.1, 0.15) is 47.9 Å². The molecule has 1 N–H and O–H groups in total. The molecule has 1 unspecified atom stereocenters. The van der Waals surface area contributed by atoms with Crippen molar-refractivity contribution in [2.75, 3.05) is 19.6 Å². The maximum Gasteiger partial charge on any atom is 0.248 e. The average molecular weight is 432 g/mol. The van der Waals surface area contributed by atoms with E-state index >= 15 is 0 Å². The lowest BCUT2D eigenvalue weighted by atomic mass is 9.99. The van der Waals surface area contributed by atoms with Crippen molar-refractivity contribution in [2.24, 2.45) is 5.92 Å². The number of sulfonamides is 1. The third-order valence-electron chi connectivity index (χ3n) is 5.39. The molecule has 0 bridgehead atoms. The van der Waals surface area contributed by atoms with Crippen molar-refractivity contribution in [1.29, 1.82) is 0 Å². The number of amides is 1. The Kier molecular flexibility index (Phi) is 6.77. The first-order valence-corrected chi connectivity index (χ1v) is 11.7. The zero-order chi connectivity index (χ0) is 21.9. The molecule has 7 nitrogen and oxygen atoms in total. The van der Waals surface area contributed by atoms with Crippen LogP contribution in [0.3, 0.4) is 0 Å². The van der Waals surface area contributed by atoms with Crippen LogP contribution >= 0.6 is 0 Å². The molecule has 1 atom stereocenters. The van der Waals surface area contributed by atoms with Crippen molar-refractivity contribution < 1.29 is 17.7 Å². The Morgan fingerprint density at radius 3 is 2.80 bits per heavy atom. The van der Waals surface area contributed by atoms with Crippen molar-refractivity contribution in [2.45, 2.75) is 45.4 Å². The molecule has 1 fully saturated rings. The summed E-state index contributed by atoms with van der Waals surface area (Å²) in [7, 11) is -3.84. The zero-order valence-electron chi connectivity index (χ0n) is 17.9. The van der Waals surface area contributed by atoms with Gasteiger partial charge in [-0.2, -0.15) is 4.31 Å². The lowest BCUT2D eigenvalue weighted by Gasteiger charge is -2.31. The van der Waals surface area contributed by atoms with E-state index in [1.165, 1.54) is 4.31 Å². The molecule has 0 aliphatic carbocycles. The Morgan fingerprint density at radius 1 is 1.30 bits per heavy atom. The second kappa shape index (κ2) is 9.14. The van der Waals surface area contributed by atoms with Crippen LogP contribution in [0.4, 0.5) is 0 Å². The van der Waals surface area contributed by atoms with Gasteiger partial charge in [-0.05, 0) is 57.7 Å². The van der Waals surface area contributed by atoms with Crippen molar-refractivity contribution >= 4 is 28.1 Å². The number of benzene rings is 1. The molecule has 30 heavy (non-hydrogen) atoms. The van der Waals surface area contributed by atoms with Gasteiger partial charge in [-0.1, -0.05) is 35.0 Å². The molecule has 162 valence electrons. The number of piperidine rings is 1. The Labute approximate surface area is 178 Å². The minimum atomic E-state index is -3.84. The smallest absolute Gasteiger partial charge is 0.248 e. The highest BCUT2D eigenvalue weighted by molar-refractivity contribution is 7.89. The summed E-state index contributed by atoms with van der Waals surface area (Å²) >= 11 is 0. The molecular weight excluding hydrogens is 402 g/mol. The Morgan fingerprint density at radius 2 is 2.07 bits per heavy atom. The highest BCUT2D eigenvalue weighted by Crippen LogP contribution is 2.29. The maximum atomic E-state index is 13.4. The quantitative estimate of drug-likeness (QED) is 0.758. The maximum absolute atomic E-state index is 13.4. The van der Waals surface area contributed by atoms with Crippen LogP contribution < -0.4 is 5.32 Å². The standard InChI is InChI=1S/C22H29N3O4S/c1-5-23-22(26)19-7-6-12-25(14-19)30(27,28)21-17(4)24-29-20(21)11-10-18-13-15(2)8-9-16(18)3/h8-11,13,19H,5-7,12,14H2,1-4H3,(H,23,26). The van der Waals surface area contributed by atoms with Gasteiger partial charge in [0.15, 0.2) is 10.7 Å². The van der Waals surface area contributed by atoms with Crippen molar-refractivity contribution in [3.05, 3.63) is 46.3 Å². The summed E-state index contributed by atoms with van der Waals surface area (Å²) in [5, 5.41) is 6.69. The molecule has 1 aromatic heterocycles. The monoisotopic (exact) mass is 431 g/mol. The SMILES string of the molecule is CCNC(=O)C1CCCN(S(=O)(=O)c2c(C)noc2C=Cc2cc(C)ccc2C)C1. The molecule has 0 saturated carbocycles. The fourth-order valence-corrected chi connectivity index (χ4v) is 5.50. The van der Waals surface area contributed by atoms with Gasteiger partial charge in [0.2, 0.25) is 15.9 Å². The molecule has 0 spiro atoms. The molecule has 1 saturated heterocycles. The van der Waals surface area contributed by atoms with E-state index in [-0.39, 0.29) is 29.0 Å². The van der Waals surface area contributed by atoms with Gasteiger partial charge in [0, 0.05) is 19.6 Å². The topological polar surface area (TPSA) is 92.5 Å². The number of hydrogen-bond acceptors (Lipinski definition) is 5. The van der Waals surface area contributed by atoms with Gasteiger partial charge in [-0.25, -0.2) is 8.42 Å². The van der Waals surface area contributed by atoms with Crippen molar-refractivity contribution in [3.63, 3.8) is 0 Å². The lowest BCUT2D eigenvalue weighted by Crippen LogP contribution is -2.45. The first kappa shape index (κ1) is 22.2. The Hall–Kier alpha value is -2.45. The van der Waals surface area contributed by atoms with Gasteiger partial charge in [-0.15, -0.1) is 0 Å². The molecule has 8 heteroatoms. The first-order chi connectivity index (χ1) is 14.2. The third kappa shape index (κ3) is 4.65. The fraction of sp³-hybridized carbons (Fsp3) is 0.455. The highest BCUT2D eigenvalue weighted by atomic mass is 32.2. The van der Waals surface area contributed by atoms with Gasteiger partial charge < -0.3 is 9.84 Å². The van der Waals surface area contributed by atoms with E-state index < -0.39 is 10.0 Å². The first-order valence-electron chi connectivity index (χ1n) is 10.2. The highest BCUT2D eigenvalue weighted by Gasteiger charge is 2.36. The number of hydrogen-bond donors (Lipinski definition) is 1. The van der Waals surface area contributed by atoms with E-state index in [1.54, 1.807) is 13.0 Å². The predicted molar refractivity (Wildman–Crippen MR) is 116 cm³/mol. The largest absolute Gasteiger partial charge is 0.356 e. The van der Waals surface area contributed by atoms with E-state index in [9.17, 15) is 13.2 Å². The van der Waals surface area contributed by atoms with Crippen LogP contribution in [-0.4, -0.2) is 43.4 Å². The van der Waals surface area contributed by atoms with Gasteiger partial charge in [0.1, 0.15) is 5.69 Å². The Balaban J connectivity index is 1.90. The number of rotatable bonds is 6.